The number of aromatic nitrogens is 3. The Morgan fingerprint density at radius 1 is 1.15 bits per heavy atom. The zero-order valence-corrected chi connectivity index (χ0v) is 15.5. The van der Waals surface area contributed by atoms with Gasteiger partial charge < -0.3 is 9.73 Å². The molecule has 2 aromatic heterocycles. The van der Waals surface area contributed by atoms with Gasteiger partial charge in [-0.15, -0.1) is 10.2 Å². The minimum Gasteiger partial charge on any atom is -0.461 e. The quantitative estimate of drug-likeness (QED) is 0.606. The first-order valence-electron chi connectivity index (χ1n) is 8.39. The largest absolute Gasteiger partial charge is 0.461 e. The Balaban J connectivity index is 1.76. The van der Waals surface area contributed by atoms with Crippen LogP contribution in [-0.2, 0) is 11.3 Å². The Hall–Kier alpha value is -3.07. The fourth-order valence-corrected chi connectivity index (χ4v) is 3.13. The van der Waals surface area contributed by atoms with E-state index in [9.17, 15) is 9.59 Å². The molecule has 3 rings (SSSR count). The van der Waals surface area contributed by atoms with Gasteiger partial charge in [-0.1, -0.05) is 42.1 Å². The van der Waals surface area contributed by atoms with Gasteiger partial charge >= 0.3 is 6.03 Å². The Morgan fingerprint density at radius 2 is 1.96 bits per heavy atom. The lowest BCUT2D eigenvalue weighted by Gasteiger charge is -2.09. The van der Waals surface area contributed by atoms with Gasteiger partial charge in [0.1, 0.15) is 0 Å². The molecule has 27 heavy (non-hydrogen) atoms. The second-order valence-corrected chi connectivity index (χ2v) is 6.49. The number of hydrogen-bond donors (Lipinski definition) is 2. The summed E-state index contributed by atoms with van der Waals surface area (Å²) in [7, 11) is 0. The number of hydrogen-bond acceptors (Lipinski definition) is 6. The molecule has 1 aromatic carbocycles. The van der Waals surface area contributed by atoms with Crippen LogP contribution in [0.5, 0.6) is 0 Å². The van der Waals surface area contributed by atoms with Gasteiger partial charge in [0.2, 0.25) is 11.7 Å². The van der Waals surface area contributed by atoms with Crippen LogP contribution in [0, 0.1) is 0 Å². The number of urea groups is 1. The molecule has 3 amide bonds. The average molecular weight is 385 g/mol. The highest BCUT2D eigenvalue weighted by Gasteiger charge is 2.18. The molecule has 3 aromatic rings. The first-order valence-corrected chi connectivity index (χ1v) is 9.37. The number of benzene rings is 1. The van der Waals surface area contributed by atoms with E-state index >= 15 is 0 Å². The van der Waals surface area contributed by atoms with Crippen LogP contribution in [0.2, 0.25) is 0 Å². The third kappa shape index (κ3) is 4.98. The summed E-state index contributed by atoms with van der Waals surface area (Å²) < 4.78 is 7.34. The van der Waals surface area contributed by atoms with E-state index in [1.54, 1.807) is 19.3 Å². The van der Waals surface area contributed by atoms with Crippen LogP contribution < -0.4 is 10.6 Å². The summed E-state index contributed by atoms with van der Waals surface area (Å²) in [6.07, 6.45) is 1.57. The van der Waals surface area contributed by atoms with Crippen LogP contribution >= 0.6 is 11.8 Å². The third-order valence-electron chi connectivity index (χ3n) is 3.56. The van der Waals surface area contributed by atoms with E-state index in [0.717, 1.165) is 5.56 Å². The van der Waals surface area contributed by atoms with Crippen molar-refractivity contribution in [2.75, 3.05) is 12.3 Å². The van der Waals surface area contributed by atoms with E-state index < -0.39 is 11.9 Å². The molecule has 0 aliphatic carbocycles. The van der Waals surface area contributed by atoms with Crippen molar-refractivity contribution in [3.05, 3.63) is 54.3 Å². The molecule has 8 nitrogen and oxygen atoms in total. The number of nitrogens with zero attached hydrogens (tertiary/aromatic N) is 3. The minimum absolute atomic E-state index is 0.0439. The fourth-order valence-electron chi connectivity index (χ4n) is 2.39. The van der Waals surface area contributed by atoms with Gasteiger partial charge in [-0.3, -0.25) is 14.7 Å². The van der Waals surface area contributed by atoms with Crippen molar-refractivity contribution in [3.8, 4) is 11.6 Å². The van der Waals surface area contributed by atoms with Gasteiger partial charge in [0, 0.05) is 6.54 Å². The number of rotatable bonds is 7. The molecular weight excluding hydrogens is 366 g/mol. The van der Waals surface area contributed by atoms with Gasteiger partial charge in [-0.25, -0.2) is 4.79 Å². The molecule has 0 aliphatic heterocycles. The van der Waals surface area contributed by atoms with Gasteiger partial charge in [0.25, 0.3) is 0 Å². The molecule has 0 saturated carbocycles. The van der Waals surface area contributed by atoms with Gasteiger partial charge in [0.15, 0.2) is 10.9 Å². The molecule has 0 fully saturated rings. The number of thioether (sulfide) groups is 1. The Morgan fingerprint density at radius 3 is 2.67 bits per heavy atom. The smallest absolute Gasteiger partial charge is 0.321 e. The van der Waals surface area contributed by atoms with Crippen molar-refractivity contribution in [3.63, 3.8) is 0 Å². The van der Waals surface area contributed by atoms with Crippen LogP contribution in [-0.4, -0.2) is 39.0 Å². The molecule has 0 atom stereocenters. The highest BCUT2D eigenvalue weighted by atomic mass is 32.2. The molecule has 0 bridgehead atoms. The van der Waals surface area contributed by atoms with Crippen LogP contribution in [0.3, 0.4) is 0 Å². The molecule has 0 spiro atoms. The van der Waals surface area contributed by atoms with E-state index in [2.05, 4.69) is 20.8 Å². The van der Waals surface area contributed by atoms with Gasteiger partial charge in [0.05, 0.1) is 18.6 Å². The standard InChI is InChI=1S/C18H19N5O3S/c1-2-19-17(25)20-15(24)12-27-18-22-21-16(14-9-6-10-26-14)23(18)11-13-7-4-3-5-8-13/h3-10H,2,11-12H2,1H3,(H2,19,20,24,25). The monoisotopic (exact) mass is 385 g/mol. The average Bonchev–Trinajstić information content (AvgIpc) is 3.31. The van der Waals surface area contributed by atoms with Crippen molar-refractivity contribution < 1.29 is 14.0 Å². The van der Waals surface area contributed by atoms with E-state index in [1.807, 2.05) is 41.0 Å². The molecule has 0 aliphatic rings. The second kappa shape index (κ2) is 9.04. The van der Waals surface area contributed by atoms with Crippen molar-refractivity contribution in [2.24, 2.45) is 0 Å². The van der Waals surface area contributed by atoms with E-state index in [1.165, 1.54) is 11.8 Å². The molecule has 140 valence electrons. The highest BCUT2D eigenvalue weighted by Crippen LogP contribution is 2.25. The van der Waals surface area contributed by atoms with Crippen molar-refractivity contribution in [1.29, 1.82) is 0 Å². The lowest BCUT2D eigenvalue weighted by atomic mass is 10.2. The zero-order chi connectivity index (χ0) is 19.1. The summed E-state index contributed by atoms with van der Waals surface area (Å²) in [5, 5.41) is 13.8. The lowest BCUT2D eigenvalue weighted by molar-refractivity contribution is -0.117. The predicted molar refractivity (Wildman–Crippen MR) is 101 cm³/mol. The highest BCUT2D eigenvalue weighted by molar-refractivity contribution is 7.99. The first kappa shape index (κ1) is 18.7. The van der Waals surface area contributed by atoms with E-state index in [-0.39, 0.29) is 5.75 Å². The number of carbonyl (C=O) groups is 2. The van der Waals surface area contributed by atoms with Gasteiger partial charge in [-0.05, 0) is 24.6 Å². The van der Waals surface area contributed by atoms with Crippen molar-refractivity contribution >= 4 is 23.7 Å². The number of imide groups is 1. The molecule has 0 radical (unpaired) electrons. The zero-order valence-electron chi connectivity index (χ0n) is 14.7. The summed E-state index contributed by atoms with van der Waals surface area (Å²) in [5.74, 6) is 0.815. The first-order chi connectivity index (χ1) is 13.2. The van der Waals surface area contributed by atoms with Crippen molar-refractivity contribution in [1.82, 2.24) is 25.4 Å². The summed E-state index contributed by atoms with van der Waals surface area (Å²) in [6, 6.07) is 12.9. The van der Waals surface area contributed by atoms with Crippen LogP contribution in [0.4, 0.5) is 4.79 Å². The van der Waals surface area contributed by atoms with Crippen LogP contribution in [0.15, 0.2) is 58.3 Å². The molecule has 0 unspecified atom stereocenters. The SMILES string of the molecule is CCNC(=O)NC(=O)CSc1nnc(-c2ccco2)n1Cc1ccccc1. The topological polar surface area (TPSA) is 102 Å². The Kier molecular flexibility index (Phi) is 6.26. The number of carbonyl (C=O) groups excluding carboxylic acids is 2. The number of furan rings is 1. The summed E-state index contributed by atoms with van der Waals surface area (Å²) in [4.78, 5) is 23.4. The summed E-state index contributed by atoms with van der Waals surface area (Å²) in [6.45, 7) is 2.76. The van der Waals surface area contributed by atoms with Crippen molar-refractivity contribution in [2.45, 2.75) is 18.6 Å². The summed E-state index contributed by atoms with van der Waals surface area (Å²) in [5.41, 5.74) is 1.07. The predicted octanol–water partition coefficient (Wildman–Crippen LogP) is 2.52. The normalized spacial score (nSPS) is 10.6. The van der Waals surface area contributed by atoms with Crippen LogP contribution in [0.1, 0.15) is 12.5 Å². The van der Waals surface area contributed by atoms with Gasteiger partial charge in [-0.2, -0.15) is 0 Å². The lowest BCUT2D eigenvalue weighted by Crippen LogP contribution is -2.40. The maximum Gasteiger partial charge on any atom is 0.321 e. The maximum absolute atomic E-state index is 11.9. The Labute approximate surface area is 160 Å². The third-order valence-corrected chi connectivity index (χ3v) is 4.53. The summed E-state index contributed by atoms with van der Waals surface area (Å²) >= 11 is 1.21. The fraction of sp³-hybridized carbons (Fsp3) is 0.222. The minimum atomic E-state index is -0.509. The molecule has 9 heteroatoms. The molecule has 2 N–H and O–H groups in total. The van der Waals surface area contributed by atoms with E-state index in [4.69, 9.17) is 4.42 Å². The van der Waals surface area contributed by atoms with Crippen LogP contribution in [0.25, 0.3) is 11.6 Å². The maximum atomic E-state index is 11.9. The Bertz CT molecular complexity index is 893. The molecule has 0 saturated heterocycles. The molecule has 2 heterocycles. The van der Waals surface area contributed by atoms with E-state index in [0.29, 0.717) is 29.8 Å². The molecular formula is C18H19N5O3S. The number of nitrogens with one attached hydrogen (secondary N) is 2. The number of amides is 3. The second-order valence-electron chi connectivity index (χ2n) is 5.55.